The van der Waals surface area contributed by atoms with Crippen LogP contribution >= 0.6 is 0 Å². The van der Waals surface area contributed by atoms with E-state index in [9.17, 15) is 4.79 Å². The molecule has 1 amide bonds. The Kier molecular flexibility index (Phi) is 3.51. The van der Waals surface area contributed by atoms with Crippen LogP contribution in [0.15, 0.2) is 35.1 Å². The van der Waals surface area contributed by atoms with E-state index in [0.717, 1.165) is 42.3 Å². The van der Waals surface area contributed by atoms with Crippen LogP contribution in [0.3, 0.4) is 0 Å². The zero-order valence-electron chi connectivity index (χ0n) is 10.8. The van der Waals surface area contributed by atoms with E-state index in [-0.39, 0.29) is 11.9 Å². The minimum Gasteiger partial charge on any atom is -0.471 e. The second-order valence-corrected chi connectivity index (χ2v) is 5.08. The van der Waals surface area contributed by atoms with Crippen LogP contribution in [0.5, 0.6) is 0 Å². The lowest BCUT2D eigenvalue weighted by Crippen LogP contribution is -2.46. The van der Waals surface area contributed by atoms with Gasteiger partial charge < -0.3 is 15.1 Å². The maximum Gasteiger partial charge on any atom is 0.224 e. The van der Waals surface area contributed by atoms with Gasteiger partial charge in [0, 0.05) is 23.4 Å². The van der Waals surface area contributed by atoms with Gasteiger partial charge in [-0.3, -0.25) is 4.79 Å². The van der Waals surface area contributed by atoms with Gasteiger partial charge in [0.25, 0.3) is 0 Å². The van der Waals surface area contributed by atoms with Crippen molar-refractivity contribution >= 4 is 16.7 Å². The highest BCUT2D eigenvalue weighted by atomic mass is 16.3. The highest BCUT2D eigenvalue weighted by molar-refractivity contribution is 5.89. The minimum atomic E-state index is 0.0856. The SMILES string of the molecule is O=C(Cc1cccc2cocc12)NC1CCCNC1. The number of hydrogen-bond acceptors (Lipinski definition) is 3. The van der Waals surface area contributed by atoms with Gasteiger partial charge in [-0.2, -0.15) is 0 Å². The van der Waals surface area contributed by atoms with Crippen molar-refractivity contribution in [2.45, 2.75) is 25.3 Å². The highest BCUT2D eigenvalue weighted by Gasteiger charge is 2.16. The van der Waals surface area contributed by atoms with E-state index >= 15 is 0 Å². The Morgan fingerprint density at radius 1 is 1.42 bits per heavy atom. The van der Waals surface area contributed by atoms with Gasteiger partial charge >= 0.3 is 0 Å². The van der Waals surface area contributed by atoms with Crippen LogP contribution in [0.1, 0.15) is 18.4 Å². The molecule has 1 aliphatic heterocycles. The van der Waals surface area contributed by atoms with Crippen LogP contribution in [-0.2, 0) is 11.2 Å². The molecule has 1 aromatic carbocycles. The minimum absolute atomic E-state index is 0.0856. The Hall–Kier alpha value is -1.81. The summed E-state index contributed by atoms with van der Waals surface area (Å²) < 4.78 is 5.20. The first-order chi connectivity index (χ1) is 9.33. The fourth-order valence-corrected chi connectivity index (χ4v) is 2.64. The first-order valence-electron chi connectivity index (χ1n) is 6.77. The summed E-state index contributed by atoms with van der Waals surface area (Å²) in [5.41, 5.74) is 1.02. The summed E-state index contributed by atoms with van der Waals surface area (Å²) in [6, 6.07) is 6.20. The van der Waals surface area contributed by atoms with Gasteiger partial charge in [0.1, 0.15) is 0 Å². The fraction of sp³-hybridized carbons (Fsp3) is 0.400. The molecule has 1 atom stereocenters. The Morgan fingerprint density at radius 3 is 3.21 bits per heavy atom. The molecular formula is C15H18N2O2. The molecular weight excluding hydrogens is 240 g/mol. The first-order valence-corrected chi connectivity index (χ1v) is 6.77. The predicted octanol–water partition coefficient (Wildman–Crippen LogP) is 1.84. The van der Waals surface area contributed by atoms with Crippen LogP contribution in [0.4, 0.5) is 0 Å². The molecule has 1 aromatic heterocycles. The fourth-order valence-electron chi connectivity index (χ4n) is 2.64. The molecule has 4 heteroatoms. The number of carbonyl (C=O) groups excluding carboxylic acids is 1. The van der Waals surface area contributed by atoms with Crippen molar-refractivity contribution in [1.29, 1.82) is 0 Å². The third-order valence-electron chi connectivity index (χ3n) is 3.62. The second kappa shape index (κ2) is 5.45. The molecule has 2 N–H and O–H groups in total. The lowest BCUT2D eigenvalue weighted by Gasteiger charge is -2.23. The third kappa shape index (κ3) is 2.79. The van der Waals surface area contributed by atoms with E-state index in [0.29, 0.717) is 6.42 Å². The van der Waals surface area contributed by atoms with Crippen LogP contribution in [-0.4, -0.2) is 25.0 Å². The Balaban J connectivity index is 1.67. The lowest BCUT2D eigenvalue weighted by molar-refractivity contribution is -0.121. The summed E-state index contributed by atoms with van der Waals surface area (Å²) in [6.45, 7) is 1.93. The maximum atomic E-state index is 12.1. The third-order valence-corrected chi connectivity index (χ3v) is 3.62. The molecule has 0 radical (unpaired) electrons. The van der Waals surface area contributed by atoms with Gasteiger partial charge in [-0.15, -0.1) is 0 Å². The lowest BCUT2D eigenvalue weighted by atomic mass is 10.0. The van der Waals surface area contributed by atoms with Crippen molar-refractivity contribution in [3.63, 3.8) is 0 Å². The largest absolute Gasteiger partial charge is 0.471 e. The molecule has 0 aliphatic carbocycles. The Bertz CT molecular complexity index is 570. The normalized spacial score (nSPS) is 19.5. The zero-order chi connectivity index (χ0) is 13.1. The Labute approximate surface area is 112 Å². The Morgan fingerprint density at radius 2 is 2.37 bits per heavy atom. The van der Waals surface area contributed by atoms with E-state index < -0.39 is 0 Å². The molecule has 2 heterocycles. The van der Waals surface area contributed by atoms with Gasteiger partial charge in [-0.25, -0.2) is 0 Å². The van der Waals surface area contributed by atoms with Gasteiger partial charge in [-0.05, 0) is 24.9 Å². The molecule has 0 spiro atoms. The number of amides is 1. The number of hydrogen-bond donors (Lipinski definition) is 2. The van der Waals surface area contributed by atoms with Gasteiger partial charge in [-0.1, -0.05) is 18.2 Å². The van der Waals surface area contributed by atoms with Crippen LogP contribution < -0.4 is 10.6 Å². The number of piperidine rings is 1. The van der Waals surface area contributed by atoms with E-state index in [4.69, 9.17) is 4.42 Å². The zero-order valence-corrected chi connectivity index (χ0v) is 10.8. The molecule has 3 rings (SSSR count). The number of carbonyl (C=O) groups is 1. The quantitative estimate of drug-likeness (QED) is 0.883. The van der Waals surface area contributed by atoms with Crippen molar-refractivity contribution in [1.82, 2.24) is 10.6 Å². The monoisotopic (exact) mass is 258 g/mol. The van der Waals surface area contributed by atoms with Crippen LogP contribution in [0.25, 0.3) is 10.8 Å². The summed E-state index contributed by atoms with van der Waals surface area (Å²) >= 11 is 0. The van der Waals surface area contributed by atoms with Crippen LogP contribution in [0, 0.1) is 0 Å². The number of fused-ring (bicyclic) bond motifs is 1. The van der Waals surface area contributed by atoms with E-state index in [1.54, 1.807) is 12.5 Å². The summed E-state index contributed by atoms with van der Waals surface area (Å²) in [5, 5.41) is 8.47. The number of benzene rings is 1. The second-order valence-electron chi connectivity index (χ2n) is 5.08. The first kappa shape index (κ1) is 12.2. The molecule has 1 fully saturated rings. The average molecular weight is 258 g/mol. The maximum absolute atomic E-state index is 12.1. The van der Waals surface area contributed by atoms with E-state index in [1.165, 1.54) is 0 Å². The molecule has 100 valence electrons. The van der Waals surface area contributed by atoms with E-state index in [2.05, 4.69) is 10.6 Å². The molecule has 1 saturated heterocycles. The van der Waals surface area contributed by atoms with Crippen molar-refractivity contribution in [3.8, 4) is 0 Å². The topological polar surface area (TPSA) is 54.3 Å². The smallest absolute Gasteiger partial charge is 0.224 e. The molecule has 1 unspecified atom stereocenters. The standard InChI is InChI=1S/C15H18N2O2/c18-15(17-13-5-2-6-16-8-13)7-11-3-1-4-12-9-19-10-14(11)12/h1,3-4,9-10,13,16H,2,5-8H2,(H,17,18). The van der Waals surface area contributed by atoms with Gasteiger partial charge in [0.15, 0.2) is 0 Å². The van der Waals surface area contributed by atoms with Crippen molar-refractivity contribution in [2.24, 2.45) is 0 Å². The molecule has 19 heavy (non-hydrogen) atoms. The van der Waals surface area contributed by atoms with Crippen molar-refractivity contribution in [2.75, 3.05) is 13.1 Å². The summed E-state index contributed by atoms with van der Waals surface area (Å²) in [6.07, 6.45) is 6.02. The number of nitrogens with one attached hydrogen (secondary N) is 2. The van der Waals surface area contributed by atoms with Crippen molar-refractivity contribution < 1.29 is 9.21 Å². The summed E-state index contributed by atoms with van der Waals surface area (Å²) in [7, 11) is 0. The molecule has 0 bridgehead atoms. The molecule has 1 aliphatic rings. The molecule has 0 saturated carbocycles. The molecule has 4 nitrogen and oxygen atoms in total. The average Bonchev–Trinajstić information content (AvgIpc) is 2.89. The number of rotatable bonds is 3. The summed E-state index contributed by atoms with van der Waals surface area (Å²) in [5.74, 6) is 0.0856. The number of furan rings is 1. The highest BCUT2D eigenvalue weighted by Crippen LogP contribution is 2.20. The van der Waals surface area contributed by atoms with Crippen LogP contribution in [0.2, 0.25) is 0 Å². The van der Waals surface area contributed by atoms with Crippen molar-refractivity contribution in [3.05, 3.63) is 36.3 Å². The predicted molar refractivity (Wildman–Crippen MR) is 74.0 cm³/mol. The molecule has 2 aromatic rings. The summed E-state index contributed by atoms with van der Waals surface area (Å²) in [4.78, 5) is 12.1. The van der Waals surface area contributed by atoms with Gasteiger partial charge in [0.2, 0.25) is 5.91 Å². The van der Waals surface area contributed by atoms with E-state index in [1.807, 2.05) is 18.2 Å². The van der Waals surface area contributed by atoms with Gasteiger partial charge in [0.05, 0.1) is 18.9 Å².